The molecule has 1 fully saturated rings. The first-order valence-corrected chi connectivity index (χ1v) is 3.84. The molecule has 0 atom stereocenters. The molecule has 11 heavy (non-hydrogen) atoms. The van der Waals surface area contributed by atoms with Crippen molar-refractivity contribution in [1.82, 2.24) is 0 Å². The summed E-state index contributed by atoms with van der Waals surface area (Å²) in [5, 5.41) is 0. The van der Waals surface area contributed by atoms with Crippen LogP contribution in [0.4, 0.5) is 0 Å². The lowest BCUT2D eigenvalue weighted by molar-refractivity contribution is -0.143. The van der Waals surface area contributed by atoms with Gasteiger partial charge >= 0.3 is 0 Å². The van der Waals surface area contributed by atoms with E-state index in [-0.39, 0.29) is 0 Å². The number of rotatable bonds is 2. The molecule has 0 aromatic carbocycles. The summed E-state index contributed by atoms with van der Waals surface area (Å²) in [5.74, 6) is -0.472. The van der Waals surface area contributed by atoms with Crippen molar-refractivity contribution >= 4 is 0 Å². The van der Waals surface area contributed by atoms with Gasteiger partial charge in [0.05, 0.1) is 0 Å². The summed E-state index contributed by atoms with van der Waals surface area (Å²) in [4.78, 5) is 0. The summed E-state index contributed by atoms with van der Waals surface area (Å²) >= 11 is 0. The van der Waals surface area contributed by atoms with Gasteiger partial charge in [0.2, 0.25) is 5.79 Å². The standard InChI is InChI=1S/C9H12O2/c1-10-9(11-2)7-3-4-8(9)6-5-7/h3-4H,5-6H2,1-2H3. The fourth-order valence-corrected chi connectivity index (χ4v) is 2.00. The first kappa shape index (κ1) is 7.07. The highest BCUT2D eigenvalue weighted by Crippen LogP contribution is 2.46. The molecule has 2 heteroatoms. The predicted octanol–water partition coefficient (Wildman–Crippen LogP) is 1.64. The Hall–Kier alpha value is -0.600. The van der Waals surface area contributed by atoms with Crippen molar-refractivity contribution in [2.45, 2.75) is 18.6 Å². The van der Waals surface area contributed by atoms with E-state index in [2.05, 4.69) is 12.2 Å². The molecule has 0 heterocycles. The van der Waals surface area contributed by atoms with Crippen LogP contribution in [-0.2, 0) is 9.47 Å². The Morgan fingerprint density at radius 3 is 1.73 bits per heavy atom. The average Bonchev–Trinajstić information content (AvgIpc) is 2.59. The summed E-state index contributed by atoms with van der Waals surface area (Å²) in [7, 11) is 3.39. The van der Waals surface area contributed by atoms with Crippen molar-refractivity contribution in [2.75, 3.05) is 14.2 Å². The lowest BCUT2D eigenvalue weighted by Gasteiger charge is -2.26. The Bertz CT molecular complexity index is 212. The highest BCUT2D eigenvalue weighted by atomic mass is 16.7. The van der Waals surface area contributed by atoms with Gasteiger partial charge in [-0.2, -0.15) is 0 Å². The van der Waals surface area contributed by atoms with Crippen LogP contribution in [0.3, 0.4) is 0 Å². The Balaban J connectivity index is 2.40. The van der Waals surface area contributed by atoms with E-state index in [0.29, 0.717) is 0 Å². The molecule has 60 valence electrons. The Morgan fingerprint density at radius 1 is 1.09 bits per heavy atom. The molecule has 2 rings (SSSR count). The molecule has 0 spiro atoms. The maximum absolute atomic E-state index is 5.38. The minimum Gasteiger partial charge on any atom is -0.346 e. The molecule has 2 bridgehead atoms. The van der Waals surface area contributed by atoms with Gasteiger partial charge in [-0.05, 0) is 24.0 Å². The molecular formula is C9H12O2. The second-order valence-electron chi connectivity index (χ2n) is 2.91. The summed E-state index contributed by atoms with van der Waals surface area (Å²) in [6.07, 6.45) is 6.39. The van der Waals surface area contributed by atoms with Crippen LogP contribution in [0.2, 0.25) is 0 Å². The number of hydrogen-bond acceptors (Lipinski definition) is 2. The summed E-state index contributed by atoms with van der Waals surface area (Å²) in [6.45, 7) is 0. The molecule has 0 N–H and O–H groups in total. The lowest BCUT2D eigenvalue weighted by Crippen LogP contribution is -2.31. The third-order valence-corrected chi connectivity index (χ3v) is 2.57. The first-order valence-electron chi connectivity index (χ1n) is 3.84. The molecule has 2 nitrogen and oxygen atoms in total. The largest absolute Gasteiger partial charge is 0.346 e. The fourth-order valence-electron chi connectivity index (χ4n) is 2.00. The molecule has 0 aromatic heterocycles. The van der Waals surface area contributed by atoms with Gasteiger partial charge in [-0.1, -0.05) is 12.2 Å². The van der Waals surface area contributed by atoms with Crippen LogP contribution in [0.25, 0.3) is 0 Å². The van der Waals surface area contributed by atoms with Gasteiger partial charge in [0.25, 0.3) is 0 Å². The maximum Gasteiger partial charge on any atom is 0.214 e. The molecule has 0 aliphatic heterocycles. The number of ether oxygens (including phenoxy) is 2. The third-order valence-electron chi connectivity index (χ3n) is 2.57. The van der Waals surface area contributed by atoms with E-state index in [9.17, 15) is 0 Å². The molecule has 0 saturated heterocycles. The van der Waals surface area contributed by atoms with E-state index < -0.39 is 5.79 Å². The minimum atomic E-state index is -0.472. The zero-order valence-electron chi connectivity index (χ0n) is 6.89. The summed E-state index contributed by atoms with van der Waals surface area (Å²) < 4.78 is 10.8. The van der Waals surface area contributed by atoms with Gasteiger partial charge in [0.15, 0.2) is 0 Å². The maximum atomic E-state index is 5.38. The molecule has 0 amide bonds. The Labute approximate surface area is 66.5 Å². The number of fused-ring (bicyclic) bond motifs is 2. The van der Waals surface area contributed by atoms with Crippen molar-refractivity contribution in [3.63, 3.8) is 0 Å². The fraction of sp³-hybridized carbons (Fsp3) is 0.556. The monoisotopic (exact) mass is 152 g/mol. The van der Waals surface area contributed by atoms with Gasteiger partial charge < -0.3 is 9.47 Å². The van der Waals surface area contributed by atoms with Gasteiger partial charge in [-0.15, -0.1) is 0 Å². The predicted molar refractivity (Wildman–Crippen MR) is 42.1 cm³/mol. The van der Waals surface area contributed by atoms with E-state index in [1.165, 1.54) is 11.1 Å². The zero-order valence-corrected chi connectivity index (χ0v) is 6.89. The van der Waals surface area contributed by atoms with E-state index in [0.717, 1.165) is 12.8 Å². The van der Waals surface area contributed by atoms with Crippen LogP contribution in [0, 0.1) is 0 Å². The van der Waals surface area contributed by atoms with Crippen molar-refractivity contribution in [3.05, 3.63) is 23.3 Å². The van der Waals surface area contributed by atoms with Crippen LogP contribution in [-0.4, -0.2) is 20.0 Å². The van der Waals surface area contributed by atoms with E-state index in [1.807, 2.05) is 0 Å². The van der Waals surface area contributed by atoms with Gasteiger partial charge in [-0.25, -0.2) is 0 Å². The molecule has 2 aliphatic rings. The molecule has 0 aromatic rings. The normalized spacial score (nSPS) is 25.3. The minimum absolute atomic E-state index is 0.472. The molecule has 1 saturated carbocycles. The van der Waals surface area contributed by atoms with Crippen LogP contribution in [0.15, 0.2) is 23.3 Å². The molecule has 2 aliphatic carbocycles. The second kappa shape index (κ2) is 2.19. The van der Waals surface area contributed by atoms with Crippen molar-refractivity contribution in [2.24, 2.45) is 0 Å². The molecular weight excluding hydrogens is 140 g/mol. The topological polar surface area (TPSA) is 18.5 Å². The second-order valence-corrected chi connectivity index (χ2v) is 2.91. The zero-order chi connectivity index (χ0) is 7.90. The highest BCUT2D eigenvalue weighted by molar-refractivity contribution is 5.46. The lowest BCUT2D eigenvalue weighted by atomic mass is 10.1. The molecule has 0 radical (unpaired) electrons. The van der Waals surface area contributed by atoms with Gasteiger partial charge in [0.1, 0.15) is 0 Å². The van der Waals surface area contributed by atoms with Gasteiger partial charge in [0, 0.05) is 14.2 Å². The Kier molecular flexibility index (Phi) is 1.41. The van der Waals surface area contributed by atoms with Crippen LogP contribution in [0.5, 0.6) is 0 Å². The number of allylic oxidation sites excluding steroid dienone is 2. The average molecular weight is 152 g/mol. The van der Waals surface area contributed by atoms with Crippen molar-refractivity contribution in [1.29, 1.82) is 0 Å². The van der Waals surface area contributed by atoms with Gasteiger partial charge in [-0.3, -0.25) is 0 Å². The molecule has 0 unspecified atom stereocenters. The highest BCUT2D eigenvalue weighted by Gasteiger charge is 2.45. The van der Waals surface area contributed by atoms with E-state index in [4.69, 9.17) is 9.47 Å². The smallest absolute Gasteiger partial charge is 0.214 e. The van der Waals surface area contributed by atoms with Crippen LogP contribution in [0.1, 0.15) is 12.8 Å². The van der Waals surface area contributed by atoms with E-state index >= 15 is 0 Å². The SMILES string of the molecule is COC1(OC)C2=CC=C1CC2. The van der Waals surface area contributed by atoms with Crippen molar-refractivity contribution < 1.29 is 9.47 Å². The first-order chi connectivity index (χ1) is 5.33. The summed E-state index contributed by atoms with van der Waals surface area (Å²) in [5.41, 5.74) is 2.52. The van der Waals surface area contributed by atoms with Crippen LogP contribution < -0.4 is 0 Å². The quantitative estimate of drug-likeness (QED) is 0.560. The van der Waals surface area contributed by atoms with E-state index in [1.54, 1.807) is 14.2 Å². The number of methoxy groups -OCH3 is 2. The number of hydrogen-bond donors (Lipinski definition) is 0. The Morgan fingerprint density at radius 2 is 1.55 bits per heavy atom. The summed E-state index contributed by atoms with van der Waals surface area (Å²) in [6, 6.07) is 0. The third kappa shape index (κ3) is 0.686. The van der Waals surface area contributed by atoms with Crippen LogP contribution >= 0.6 is 0 Å². The van der Waals surface area contributed by atoms with Crippen molar-refractivity contribution in [3.8, 4) is 0 Å².